The maximum atomic E-state index is 13.4. The monoisotopic (exact) mass is 345 g/mol. The fourth-order valence-electron chi connectivity index (χ4n) is 1.51. The fraction of sp³-hybridized carbons (Fsp3) is 0.167. The highest BCUT2D eigenvalue weighted by molar-refractivity contribution is 9.10. The molecule has 0 saturated carbocycles. The molecule has 0 unspecified atom stereocenters. The van der Waals surface area contributed by atoms with Gasteiger partial charge < -0.3 is 10.5 Å². The number of ether oxygens (including phenoxy) is 1. The molecular weight excluding hydrogens is 337 g/mol. The van der Waals surface area contributed by atoms with E-state index in [0.717, 1.165) is 0 Å². The lowest BCUT2D eigenvalue weighted by molar-refractivity contribution is 0.181. The van der Waals surface area contributed by atoms with Crippen LogP contribution in [0.5, 0.6) is 0 Å². The summed E-state index contributed by atoms with van der Waals surface area (Å²) in [5, 5.41) is 0.0472. The van der Waals surface area contributed by atoms with Crippen molar-refractivity contribution >= 4 is 33.3 Å². The van der Waals surface area contributed by atoms with Gasteiger partial charge in [0.15, 0.2) is 5.82 Å². The van der Waals surface area contributed by atoms with Gasteiger partial charge in [-0.05, 0) is 34.1 Å². The van der Waals surface area contributed by atoms with Gasteiger partial charge in [0.25, 0.3) is 0 Å². The first-order valence-electron chi connectivity index (χ1n) is 5.29. The molecule has 0 spiro atoms. The maximum absolute atomic E-state index is 13.4. The second-order valence-electron chi connectivity index (χ2n) is 3.76. The summed E-state index contributed by atoms with van der Waals surface area (Å²) in [5.41, 5.74) is 6.88. The molecule has 0 aliphatic carbocycles. The topological polar surface area (TPSA) is 61.0 Å². The summed E-state index contributed by atoms with van der Waals surface area (Å²) < 4.78 is 19.0. The van der Waals surface area contributed by atoms with Crippen LogP contribution in [0, 0.1) is 5.82 Å². The molecule has 19 heavy (non-hydrogen) atoms. The molecule has 0 aliphatic rings. The number of hydrogen-bond acceptors (Lipinski definition) is 4. The standard InChI is InChI=1S/C12H10BrClFN3O/c1-19-5-9-10(13)11(16)18-12(17-9)6-2-3-7(14)8(15)4-6/h2-4H,5H2,1H3,(H2,16,17,18). The van der Waals surface area contributed by atoms with Crippen molar-refractivity contribution in [1.29, 1.82) is 0 Å². The van der Waals surface area contributed by atoms with Crippen molar-refractivity contribution in [2.75, 3.05) is 12.8 Å². The van der Waals surface area contributed by atoms with Gasteiger partial charge in [-0.25, -0.2) is 14.4 Å². The summed E-state index contributed by atoms with van der Waals surface area (Å²) >= 11 is 8.93. The number of nitrogens with zero attached hydrogens (tertiary/aromatic N) is 2. The summed E-state index contributed by atoms with van der Waals surface area (Å²) in [6.45, 7) is 0.274. The third-order valence-electron chi connectivity index (χ3n) is 2.40. The van der Waals surface area contributed by atoms with Gasteiger partial charge in [0.2, 0.25) is 0 Å². The zero-order valence-corrected chi connectivity index (χ0v) is 12.3. The number of halogens is 3. The molecule has 0 aliphatic heterocycles. The highest BCUT2D eigenvalue weighted by Crippen LogP contribution is 2.27. The maximum Gasteiger partial charge on any atom is 0.162 e. The molecule has 7 heteroatoms. The molecule has 1 aromatic heterocycles. The van der Waals surface area contributed by atoms with E-state index in [0.29, 0.717) is 21.6 Å². The molecule has 1 aromatic carbocycles. The van der Waals surface area contributed by atoms with E-state index in [2.05, 4.69) is 25.9 Å². The molecule has 4 nitrogen and oxygen atoms in total. The molecule has 0 saturated heterocycles. The van der Waals surface area contributed by atoms with Gasteiger partial charge in [-0.1, -0.05) is 11.6 Å². The molecule has 0 atom stereocenters. The van der Waals surface area contributed by atoms with Crippen molar-refractivity contribution in [2.45, 2.75) is 6.61 Å². The third-order valence-corrected chi connectivity index (χ3v) is 3.57. The second kappa shape index (κ2) is 5.81. The van der Waals surface area contributed by atoms with Crippen LogP contribution in [-0.2, 0) is 11.3 Å². The van der Waals surface area contributed by atoms with Crippen LogP contribution in [0.4, 0.5) is 10.2 Å². The van der Waals surface area contributed by atoms with Crippen LogP contribution >= 0.6 is 27.5 Å². The number of benzene rings is 1. The van der Waals surface area contributed by atoms with E-state index >= 15 is 0 Å². The Bertz CT molecular complexity index is 624. The Hall–Kier alpha value is -1.24. The molecule has 2 rings (SSSR count). The molecule has 0 bridgehead atoms. The molecule has 0 amide bonds. The molecule has 100 valence electrons. The SMILES string of the molecule is COCc1nc(-c2ccc(Cl)c(F)c2)nc(N)c1Br. The van der Waals surface area contributed by atoms with Gasteiger partial charge in [-0.15, -0.1) is 0 Å². The Kier molecular flexibility index (Phi) is 4.34. The van der Waals surface area contributed by atoms with Gasteiger partial charge in [-0.3, -0.25) is 0 Å². The number of aromatic nitrogens is 2. The van der Waals surface area contributed by atoms with E-state index in [1.165, 1.54) is 12.1 Å². The van der Waals surface area contributed by atoms with Crippen molar-refractivity contribution in [3.8, 4) is 11.4 Å². The highest BCUT2D eigenvalue weighted by atomic mass is 79.9. The van der Waals surface area contributed by atoms with Crippen LogP contribution in [-0.4, -0.2) is 17.1 Å². The average Bonchev–Trinajstić information content (AvgIpc) is 2.38. The molecular formula is C12H10BrClFN3O. The first-order valence-corrected chi connectivity index (χ1v) is 6.46. The van der Waals surface area contributed by atoms with E-state index in [-0.39, 0.29) is 17.4 Å². The quantitative estimate of drug-likeness (QED) is 0.925. The zero-order valence-electron chi connectivity index (χ0n) is 9.95. The van der Waals surface area contributed by atoms with E-state index in [1.54, 1.807) is 13.2 Å². The van der Waals surface area contributed by atoms with Crippen LogP contribution in [0.15, 0.2) is 22.7 Å². The predicted octanol–water partition coefficient (Wildman–Crippen LogP) is 3.43. The minimum Gasteiger partial charge on any atom is -0.383 e. The van der Waals surface area contributed by atoms with Crippen molar-refractivity contribution in [2.24, 2.45) is 0 Å². The lowest BCUT2D eigenvalue weighted by Gasteiger charge is -2.08. The Balaban J connectivity index is 2.52. The summed E-state index contributed by atoms with van der Waals surface area (Å²) in [6, 6.07) is 4.34. The van der Waals surface area contributed by atoms with Gasteiger partial charge >= 0.3 is 0 Å². The minimum atomic E-state index is -0.530. The van der Waals surface area contributed by atoms with Crippen molar-refractivity contribution < 1.29 is 9.13 Å². The molecule has 1 heterocycles. The number of anilines is 1. The molecule has 0 radical (unpaired) electrons. The summed E-state index contributed by atoms with van der Waals surface area (Å²) in [6.07, 6.45) is 0. The number of nitrogen functional groups attached to an aromatic ring is 1. The number of methoxy groups -OCH3 is 1. The lowest BCUT2D eigenvalue weighted by Crippen LogP contribution is -2.04. The largest absolute Gasteiger partial charge is 0.383 e. The molecule has 2 N–H and O–H groups in total. The van der Waals surface area contributed by atoms with Crippen LogP contribution in [0.25, 0.3) is 11.4 Å². The highest BCUT2D eigenvalue weighted by Gasteiger charge is 2.12. The Labute approximate surface area is 122 Å². The Morgan fingerprint density at radius 2 is 2.16 bits per heavy atom. The molecule has 0 fully saturated rings. The predicted molar refractivity (Wildman–Crippen MR) is 75.3 cm³/mol. The van der Waals surface area contributed by atoms with Crippen LogP contribution in [0.2, 0.25) is 5.02 Å². The van der Waals surface area contributed by atoms with Crippen molar-refractivity contribution in [3.05, 3.63) is 39.2 Å². The third kappa shape index (κ3) is 3.02. The molecule has 2 aromatic rings. The number of rotatable bonds is 3. The normalized spacial score (nSPS) is 10.7. The Morgan fingerprint density at radius 3 is 2.79 bits per heavy atom. The summed E-state index contributed by atoms with van der Waals surface area (Å²) in [7, 11) is 1.55. The van der Waals surface area contributed by atoms with E-state index in [4.69, 9.17) is 22.1 Å². The minimum absolute atomic E-state index is 0.0472. The van der Waals surface area contributed by atoms with Crippen LogP contribution in [0.3, 0.4) is 0 Å². The number of nitrogens with two attached hydrogens (primary N) is 1. The summed E-state index contributed by atoms with van der Waals surface area (Å²) in [4.78, 5) is 8.40. The Morgan fingerprint density at radius 1 is 1.42 bits per heavy atom. The van der Waals surface area contributed by atoms with Gasteiger partial charge in [0.1, 0.15) is 11.6 Å². The van der Waals surface area contributed by atoms with Gasteiger partial charge in [0.05, 0.1) is 21.8 Å². The smallest absolute Gasteiger partial charge is 0.162 e. The van der Waals surface area contributed by atoms with E-state index in [9.17, 15) is 4.39 Å². The fourth-order valence-corrected chi connectivity index (χ4v) is 1.92. The average molecular weight is 347 g/mol. The lowest BCUT2D eigenvalue weighted by atomic mass is 10.2. The summed E-state index contributed by atoms with van der Waals surface area (Å²) in [5.74, 6) is 0.0632. The first kappa shape index (κ1) is 14.2. The van der Waals surface area contributed by atoms with Crippen LogP contribution < -0.4 is 5.73 Å². The van der Waals surface area contributed by atoms with E-state index in [1.807, 2.05) is 0 Å². The van der Waals surface area contributed by atoms with Crippen molar-refractivity contribution in [1.82, 2.24) is 9.97 Å². The first-order chi connectivity index (χ1) is 9.02. The second-order valence-corrected chi connectivity index (χ2v) is 4.96. The van der Waals surface area contributed by atoms with Gasteiger partial charge in [-0.2, -0.15) is 0 Å². The number of hydrogen-bond donors (Lipinski definition) is 1. The zero-order chi connectivity index (χ0) is 14.0. The van der Waals surface area contributed by atoms with E-state index < -0.39 is 5.82 Å². The van der Waals surface area contributed by atoms with Gasteiger partial charge in [0, 0.05) is 12.7 Å². The van der Waals surface area contributed by atoms with Crippen molar-refractivity contribution in [3.63, 3.8) is 0 Å². The van der Waals surface area contributed by atoms with Crippen LogP contribution in [0.1, 0.15) is 5.69 Å².